The van der Waals surface area contributed by atoms with Gasteiger partial charge in [-0.1, -0.05) is 37.1 Å². The summed E-state index contributed by atoms with van der Waals surface area (Å²) in [4.78, 5) is 0. The molecule has 0 bridgehead atoms. The van der Waals surface area contributed by atoms with Crippen molar-refractivity contribution in [2.45, 2.75) is 48.7 Å². The molecule has 4 heteroatoms. The maximum Gasteiger partial charge on any atom is 0.157 e. The molecule has 0 unspecified atom stereocenters. The fourth-order valence-corrected chi connectivity index (χ4v) is 5.18. The highest BCUT2D eigenvalue weighted by molar-refractivity contribution is 7.92. The van der Waals surface area contributed by atoms with Gasteiger partial charge in [0.15, 0.2) is 9.84 Å². The van der Waals surface area contributed by atoms with E-state index in [0.717, 1.165) is 31.2 Å². The van der Waals surface area contributed by atoms with Crippen molar-refractivity contribution in [2.75, 3.05) is 12.8 Å². The summed E-state index contributed by atoms with van der Waals surface area (Å²) in [5, 5.41) is 0. The number of sulfone groups is 1. The largest absolute Gasteiger partial charge is 0.330 e. The highest BCUT2D eigenvalue weighted by Gasteiger charge is 2.53. The van der Waals surface area contributed by atoms with Gasteiger partial charge in [-0.3, -0.25) is 0 Å². The lowest BCUT2D eigenvalue weighted by molar-refractivity contribution is 0.453. The van der Waals surface area contributed by atoms with E-state index in [1.165, 1.54) is 24.7 Å². The van der Waals surface area contributed by atoms with Crippen LogP contribution >= 0.6 is 0 Å². The van der Waals surface area contributed by atoms with Gasteiger partial charge >= 0.3 is 0 Å². The van der Waals surface area contributed by atoms with Gasteiger partial charge in [-0.05, 0) is 36.8 Å². The van der Waals surface area contributed by atoms with E-state index in [4.69, 9.17) is 5.73 Å². The van der Waals surface area contributed by atoms with Crippen LogP contribution in [0.2, 0.25) is 0 Å². The van der Waals surface area contributed by atoms with E-state index >= 15 is 0 Å². The van der Waals surface area contributed by atoms with E-state index in [1.54, 1.807) is 0 Å². The fourth-order valence-electron chi connectivity index (χ4n) is 3.78. The maximum absolute atomic E-state index is 12.0. The third kappa shape index (κ3) is 2.01. The zero-order valence-corrected chi connectivity index (χ0v) is 12.9. The molecule has 1 aromatic rings. The van der Waals surface area contributed by atoms with E-state index in [0.29, 0.717) is 6.54 Å². The Kier molecular flexibility index (Phi) is 3.22. The predicted octanol–water partition coefficient (Wildman–Crippen LogP) is 2.49. The van der Waals surface area contributed by atoms with Crippen LogP contribution in [0, 0.1) is 0 Å². The molecule has 110 valence electrons. The molecule has 0 saturated heterocycles. The lowest BCUT2D eigenvalue weighted by Crippen LogP contribution is -2.32. The van der Waals surface area contributed by atoms with Crippen molar-refractivity contribution in [1.82, 2.24) is 0 Å². The van der Waals surface area contributed by atoms with Gasteiger partial charge in [0.2, 0.25) is 0 Å². The van der Waals surface area contributed by atoms with Crippen LogP contribution in [0.5, 0.6) is 0 Å². The molecule has 0 heterocycles. The van der Waals surface area contributed by atoms with Gasteiger partial charge in [-0.2, -0.15) is 0 Å². The van der Waals surface area contributed by atoms with Gasteiger partial charge in [0, 0.05) is 18.2 Å². The van der Waals surface area contributed by atoms with Crippen LogP contribution < -0.4 is 5.73 Å². The molecule has 0 spiro atoms. The van der Waals surface area contributed by atoms with Gasteiger partial charge < -0.3 is 5.73 Å². The second-order valence-corrected chi connectivity index (χ2v) is 8.86. The molecule has 2 aliphatic carbocycles. The first-order chi connectivity index (χ1) is 9.44. The Bertz CT molecular complexity index is 594. The normalized spacial score (nSPS) is 23.7. The Labute approximate surface area is 121 Å². The summed E-state index contributed by atoms with van der Waals surface area (Å²) in [5.41, 5.74) is 8.37. The van der Waals surface area contributed by atoms with Crippen molar-refractivity contribution in [3.8, 4) is 0 Å². The number of hydrogen-bond donors (Lipinski definition) is 1. The molecule has 2 N–H and O–H groups in total. The quantitative estimate of drug-likeness (QED) is 0.928. The smallest absolute Gasteiger partial charge is 0.157 e. The first kappa shape index (κ1) is 14.1. The second kappa shape index (κ2) is 4.57. The lowest BCUT2D eigenvalue weighted by Gasteiger charge is -2.28. The Morgan fingerprint density at radius 3 is 1.90 bits per heavy atom. The topological polar surface area (TPSA) is 60.2 Å². The summed E-state index contributed by atoms with van der Waals surface area (Å²) in [5.74, 6) is 0. The minimum Gasteiger partial charge on any atom is -0.330 e. The molecule has 1 aromatic carbocycles. The molecule has 3 rings (SSSR count). The monoisotopic (exact) mass is 293 g/mol. The zero-order valence-electron chi connectivity index (χ0n) is 12.1. The number of rotatable bonds is 4. The molecular weight excluding hydrogens is 270 g/mol. The third-order valence-electron chi connectivity index (χ3n) is 5.39. The van der Waals surface area contributed by atoms with Crippen molar-refractivity contribution < 1.29 is 8.42 Å². The van der Waals surface area contributed by atoms with Crippen LogP contribution in [-0.2, 0) is 20.0 Å². The van der Waals surface area contributed by atoms with E-state index in [9.17, 15) is 8.42 Å². The van der Waals surface area contributed by atoms with Crippen molar-refractivity contribution >= 4 is 9.84 Å². The zero-order chi connectivity index (χ0) is 14.4. The second-order valence-electron chi connectivity index (χ2n) is 6.54. The molecule has 2 aliphatic rings. The Morgan fingerprint density at radius 1 is 1.00 bits per heavy atom. The van der Waals surface area contributed by atoms with Crippen molar-refractivity contribution in [3.63, 3.8) is 0 Å². The van der Waals surface area contributed by atoms with Gasteiger partial charge in [-0.25, -0.2) is 8.42 Å². The van der Waals surface area contributed by atoms with Crippen molar-refractivity contribution in [1.29, 1.82) is 0 Å². The first-order valence-electron chi connectivity index (χ1n) is 7.44. The highest BCUT2D eigenvalue weighted by Crippen LogP contribution is 2.52. The molecule has 2 saturated carbocycles. The van der Waals surface area contributed by atoms with Crippen LogP contribution in [0.1, 0.15) is 49.7 Å². The van der Waals surface area contributed by atoms with Crippen LogP contribution in [0.3, 0.4) is 0 Å². The first-order valence-corrected chi connectivity index (χ1v) is 9.33. The summed E-state index contributed by atoms with van der Waals surface area (Å²) in [6.07, 6.45) is 7.66. The van der Waals surface area contributed by atoms with Crippen LogP contribution in [0.25, 0.3) is 0 Å². The average Bonchev–Trinajstić information content (AvgIpc) is 3.12. The summed E-state index contributed by atoms with van der Waals surface area (Å²) in [7, 11) is -3.02. The van der Waals surface area contributed by atoms with Crippen LogP contribution in [0.4, 0.5) is 0 Å². The lowest BCUT2D eigenvalue weighted by atomic mass is 9.78. The van der Waals surface area contributed by atoms with Gasteiger partial charge in [0.1, 0.15) is 0 Å². The number of benzene rings is 1. The Morgan fingerprint density at radius 2 is 1.50 bits per heavy atom. The molecule has 0 atom stereocenters. The average molecular weight is 293 g/mol. The van der Waals surface area contributed by atoms with Crippen molar-refractivity contribution in [2.24, 2.45) is 5.73 Å². The Hall–Kier alpha value is -0.870. The number of nitrogens with two attached hydrogens (primary N) is 1. The number of hydrogen-bond acceptors (Lipinski definition) is 3. The standard InChI is InChI=1S/C16H23NO2S/c1-20(18,19)16(10-11-16)14-6-4-13(5-7-14)15(12-17)8-2-3-9-15/h4-7H,2-3,8-12,17H2,1H3. The summed E-state index contributed by atoms with van der Waals surface area (Å²) in [6.45, 7) is 0.684. The van der Waals surface area contributed by atoms with Gasteiger partial charge in [0.05, 0.1) is 4.75 Å². The highest BCUT2D eigenvalue weighted by atomic mass is 32.2. The Balaban J connectivity index is 1.93. The van der Waals surface area contributed by atoms with E-state index < -0.39 is 14.6 Å². The van der Waals surface area contributed by atoms with Gasteiger partial charge in [0.25, 0.3) is 0 Å². The minimum atomic E-state index is -3.02. The van der Waals surface area contributed by atoms with Crippen LogP contribution in [0.15, 0.2) is 24.3 Å². The summed E-state index contributed by atoms with van der Waals surface area (Å²) >= 11 is 0. The molecular formula is C16H23NO2S. The minimum absolute atomic E-state index is 0.125. The molecule has 0 aliphatic heterocycles. The van der Waals surface area contributed by atoms with E-state index in [2.05, 4.69) is 12.1 Å². The van der Waals surface area contributed by atoms with Gasteiger partial charge in [-0.15, -0.1) is 0 Å². The summed E-state index contributed by atoms with van der Waals surface area (Å²) in [6, 6.07) is 8.25. The molecule has 2 fully saturated rings. The SMILES string of the molecule is CS(=O)(=O)C1(c2ccc(C3(CN)CCCC3)cc2)CC1. The summed E-state index contributed by atoms with van der Waals surface area (Å²) < 4.78 is 23.3. The molecule has 20 heavy (non-hydrogen) atoms. The molecule has 0 radical (unpaired) electrons. The third-order valence-corrected chi connectivity index (χ3v) is 7.45. The van der Waals surface area contributed by atoms with E-state index in [1.807, 2.05) is 12.1 Å². The fraction of sp³-hybridized carbons (Fsp3) is 0.625. The molecule has 3 nitrogen and oxygen atoms in total. The molecule has 0 aromatic heterocycles. The molecule has 0 amide bonds. The maximum atomic E-state index is 12.0. The predicted molar refractivity (Wildman–Crippen MR) is 81.4 cm³/mol. The van der Waals surface area contributed by atoms with Crippen LogP contribution in [-0.4, -0.2) is 21.2 Å². The van der Waals surface area contributed by atoms with Crippen molar-refractivity contribution in [3.05, 3.63) is 35.4 Å². The van der Waals surface area contributed by atoms with E-state index in [-0.39, 0.29) is 5.41 Å².